The topological polar surface area (TPSA) is 112 Å². The van der Waals surface area contributed by atoms with Crippen molar-refractivity contribution in [2.24, 2.45) is 0 Å². The molecule has 2 unspecified atom stereocenters. The van der Waals surface area contributed by atoms with Crippen LogP contribution in [0.2, 0.25) is 0 Å². The van der Waals surface area contributed by atoms with Crippen LogP contribution in [0.4, 0.5) is 4.79 Å². The number of hydrogen-bond acceptors (Lipinski definition) is 6. The highest BCUT2D eigenvalue weighted by molar-refractivity contribution is 7.80. The number of rotatable bonds is 11. The zero-order valence-electron chi connectivity index (χ0n) is 20.2. The van der Waals surface area contributed by atoms with Crippen LogP contribution in [0.3, 0.4) is 0 Å². The molecule has 0 aliphatic carbocycles. The maximum absolute atomic E-state index is 13.4. The van der Waals surface area contributed by atoms with Gasteiger partial charge in [0.05, 0.1) is 6.07 Å². The van der Waals surface area contributed by atoms with Gasteiger partial charge in [0.2, 0.25) is 11.8 Å². The second-order valence-electron chi connectivity index (χ2n) is 8.65. The van der Waals surface area contributed by atoms with Gasteiger partial charge in [-0.2, -0.15) is 17.9 Å². The van der Waals surface area contributed by atoms with Crippen LogP contribution >= 0.6 is 12.6 Å². The van der Waals surface area contributed by atoms with Gasteiger partial charge >= 0.3 is 6.09 Å². The van der Waals surface area contributed by atoms with E-state index in [-0.39, 0.29) is 18.2 Å². The van der Waals surface area contributed by atoms with Gasteiger partial charge in [-0.25, -0.2) is 4.79 Å². The minimum Gasteiger partial charge on any atom is -0.444 e. The number of nitrogens with one attached hydrogen (secondary N) is 2. The first-order valence-corrected chi connectivity index (χ1v) is 11.9. The summed E-state index contributed by atoms with van der Waals surface area (Å²) in [4.78, 5) is 40.0. The number of hydrogen-bond donors (Lipinski definition) is 3. The number of alkyl carbamates (subject to hydrolysis) is 1. The number of ether oxygens (including phenoxy) is 1. The van der Waals surface area contributed by atoms with Gasteiger partial charge in [-0.3, -0.25) is 9.59 Å². The lowest BCUT2D eigenvalue weighted by molar-refractivity contribution is -0.141. The van der Waals surface area contributed by atoms with Gasteiger partial charge in [0.15, 0.2) is 0 Å². The second kappa shape index (κ2) is 13.7. The van der Waals surface area contributed by atoms with Crippen LogP contribution in [0.5, 0.6) is 0 Å². The highest BCUT2D eigenvalue weighted by atomic mass is 32.1. The van der Waals surface area contributed by atoms with E-state index in [0.29, 0.717) is 12.1 Å². The molecule has 8 nitrogen and oxygen atoms in total. The Bertz CT molecular complexity index is 830. The third kappa shape index (κ3) is 9.34. The summed E-state index contributed by atoms with van der Waals surface area (Å²) >= 11 is 4.21. The molecule has 0 heterocycles. The number of nitrogens with zero attached hydrogens (tertiary/aromatic N) is 2. The van der Waals surface area contributed by atoms with Gasteiger partial charge in [-0.1, -0.05) is 44.5 Å². The van der Waals surface area contributed by atoms with Crippen LogP contribution in [0.1, 0.15) is 64.6 Å². The average molecular weight is 477 g/mol. The Kier molecular flexibility index (Phi) is 11.8. The maximum atomic E-state index is 13.4. The SMILES string of the molecule is CCCCNC(=O)C(c1ccc(CC)cc1)N(CC#N)C(=O)C(CS)NC(=O)OC(C)(C)C. The van der Waals surface area contributed by atoms with E-state index in [4.69, 9.17) is 4.74 Å². The number of carbonyl (C=O) groups excluding carboxylic acids is 3. The zero-order chi connectivity index (χ0) is 25.0. The number of carbonyl (C=O) groups is 3. The highest BCUT2D eigenvalue weighted by Crippen LogP contribution is 2.23. The van der Waals surface area contributed by atoms with Crippen molar-refractivity contribution in [1.82, 2.24) is 15.5 Å². The van der Waals surface area contributed by atoms with Gasteiger partial charge in [-0.05, 0) is 44.7 Å². The number of unbranched alkanes of at least 4 members (excludes halogenated alkanes) is 1. The fourth-order valence-corrected chi connectivity index (χ4v) is 3.35. The highest BCUT2D eigenvalue weighted by Gasteiger charge is 2.35. The Hall–Kier alpha value is -2.73. The van der Waals surface area contributed by atoms with Crippen molar-refractivity contribution in [2.45, 2.75) is 71.6 Å². The van der Waals surface area contributed by atoms with Crippen LogP contribution in [0, 0.1) is 11.3 Å². The van der Waals surface area contributed by atoms with Gasteiger partial charge in [0.25, 0.3) is 0 Å². The lowest BCUT2D eigenvalue weighted by atomic mass is 10.0. The Labute approximate surface area is 202 Å². The first-order valence-electron chi connectivity index (χ1n) is 11.2. The number of aryl methyl sites for hydroxylation is 1. The summed E-state index contributed by atoms with van der Waals surface area (Å²) < 4.78 is 5.24. The predicted molar refractivity (Wildman–Crippen MR) is 131 cm³/mol. The molecule has 182 valence electrons. The summed E-state index contributed by atoms with van der Waals surface area (Å²) in [7, 11) is 0. The quantitative estimate of drug-likeness (QED) is 0.258. The molecule has 1 aromatic rings. The molecule has 1 rings (SSSR count). The van der Waals surface area contributed by atoms with E-state index in [0.717, 1.165) is 24.8 Å². The summed E-state index contributed by atoms with van der Waals surface area (Å²) in [5.74, 6) is -1.00. The van der Waals surface area contributed by atoms with Gasteiger partial charge in [0, 0.05) is 12.3 Å². The minimum absolute atomic E-state index is 0.0288. The molecule has 0 aliphatic rings. The molecule has 0 spiro atoms. The molecule has 0 aromatic heterocycles. The van der Waals surface area contributed by atoms with E-state index in [1.807, 2.05) is 32.0 Å². The minimum atomic E-state index is -1.07. The molecule has 0 aliphatic heterocycles. The fraction of sp³-hybridized carbons (Fsp3) is 0.583. The standard InChI is InChI=1S/C24H36N4O4S/c1-6-8-14-26-21(29)20(18-11-9-17(7-2)10-12-18)28(15-13-25)22(30)19(16-33)27-23(31)32-24(3,4)5/h9-12,19-20,33H,6-8,14-16H2,1-5H3,(H,26,29)(H,27,31). The zero-order valence-corrected chi connectivity index (χ0v) is 21.1. The largest absolute Gasteiger partial charge is 0.444 e. The van der Waals surface area contributed by atoms with Crippen molar-refractivity contribution in [3.8, 4) is 6.07 Å². The molecule has 3 amide bonds. The summed E-state index contributed by atoms with van der Waals surface area (Å²) in [6.45, 7) is 9.29. The van der Waals surface area contributed by atoms with Crippen molar-refractivity contribution < 1.29 is 19.1 Å². The first kappa shape index (κ1) is 28.3. The second-order valence-corrected chi connectivity index (χ2v) is 9.01. The number of amides is 3. The molecule has 0 saturated heterocycles. The average Bonchev–Trinajstić information content (AvgIpc) is 2.76. The molecule has 1 aromatic carbocycles. The Morgan fingerprint density at radius 2 is 1.82 bits per heavy atom. The lowest BCUT2D eigenvalue weighted by Crippen LogP contribution is -2.54. The third-order valence-corrected chi connectivity index (χ3v) is 5.15. The van der Waals surface area contributed by atoms with Crippen LogP contribution < -0.4 is 10.6 Å². The molecule has 0 saturated carbocycles. The normalized spacial score (nSPS) is 12.8. The molecule has 0 radical (unpaired) electrons. The fourth-order valence-electron chi connectivity index (χ4n) is 3.10. The number of nitriles is 1. The van der Waals surface area contributed by atoms with E-state index in [9.17, 15) is 19.6 Å². The van der Waals surface area contributed by atoms with Crippen LogP contribution in [-0.4, -0.2) is 53.3 Å². The molecule has 2 atom stereocenters. The van der Waals surface area contributed by atoms with Crippen molar-refractivity contribution >= 4 is 30.5 Å². The van der Waals surface area contributed by atoms with Gasteiger partial charge in [-0.15, -0.1) is 0 Å². The summed E-state index contributed by atoms with van der Waals surface area (Å²) in [6, 6.07) is 7.24. The molecular weight excluding hydrogens is 440 g/mol. The summed E-state index contributed by atoms with van der Waals surface area (Å²) in [5.41, 5.74) is 0.922. The Morgan fingerprint density at radius 1 is 1.18 bits per heavy atom. The van der Waals surface area contributed by atoms with Crippen molar-refractivity contribution in [3.63, 3.8) is 0 Å². The monoisotopic (exact) mass is 476 g/mol. The number of thiol groups is 1. The first-order chi connectivity index (χ1) is 15.6. The molecule has 0 fully saturated rings. The van der Waals surface area contributed by atoms with E-state index in [1.165, 1.54) is 4.90 Å². The Morgan fingerprint density at radius 3 is 2.30 bits per heavy atom. The molecular formula is C24H36N4O4S. The molecule has 2 N–H and O–H groups in total. The van der Waals surface area contributed by atoms with Crippen LogP contribution in [0.15, 0.2) is 24.3 Å². The predicted octanol–water partition coefficient (Wildman–Crippen LogP) is 3.38. The van der Waals surface area contributed by atoms with E-state index in [1.54, 1.807) is 32.9 Å². The summed E-state index contributed by atoms with van der Waals surface area (Å²) in [5, 5.41) is 14.8. The third-order valence-electron chi connectivity index (χ3n) is 4.79. The molecule has 33 heavy (non-hydrogen) atoms. The Balaban J connectivity index is 3.28. The van der Waals surface area contributed by atoms with Crippen LogP contribution in [-0.2, 0) is 20.7 Å². The molecule has 0 bridgehead atoms. The van der Waals surface area contributed by atoms with Crippen molar-refractivity contribution in [1.29, 1.82) is 5.26 Å². The van der Waals surface area contributed by atoms with Crippen LogP contribution in [0.25, 0.3) is 0 Å². The number of benzene rings is 1. The smallest absolute Gasteiger partial charge is 0.408 e. The van der Waals surface area contributed by atoms with E-state index < -0.39 is 29.7 Å². The van der Waals surface area contributed by atoms with E-state index >= 15 is 0 Å². The molecule has 9 heteroatoms. The summed E-state index contributed by atoms with van der Waals surface area (Å²) in [6.07, 6.45) is 1.75. The lowest BCUT2D eigenvalue weighted by Gasteiger charge is -2.32. The maximum Gasteiger partial charge on any atom is 0.408 e. The van der Waals surface area contributed by atoms with Gasteiger partial charge in [0.1, 0.15) is 24.2 Å². The van der Waals surface area contributed by atoms with Crippen molar-refractivity contribution in [3.05, 3.63) is 35.4 Å². The van der Waals surface area contributed by atoms with Gasteiger partial charge < -0.3 is 20.3 Å². The van der Waals surface area contributed by atoms with Crippen molar-refractivity contribution in [2.75, 3.05) is 18.8 Å². The van der Waals surface area contributed by atoms with E-state index in [2.05, 4.69) is 23.3 Å².